The fourth-order valence-electron chi connectivity index (χ4n) is 2.81. The van der Waals surface area contributed by atoms with Crippen LogP contribution in [0.25, 0.3) is 0 Å². The molecule has 0 saturated carbocycles. The van der Waals surface area contributed by atoms with Crippen LogP contribution in [0.3, 0.4) is 0 Å². The van der Waals surface area contributed by atoms with Gasteiger partial charge < -0.3 is 10.2 Å². The van der Waals surface area contributed by atoms with Crippen molar-refractivity contribution in [3.05, 3.63) is 65.5 Å². The van der Waals surface area contributed by atoms with Crippen molar-refractivity contribution >= 4 is 23.6 Å². The highest BCUT2D eigenvalue weighted by Gasteiger charge is 2.35. The Morgan fingerprint density at radius 1 is 1.24 bits per heavy atom. The Morgan fingerprint density at radius 2 is 2.04 bits per heavy atom. The minimum absolute atomic E-state index is 0.0759. The molecule has 1 aromatic carbocycles. The largest absolute Gasteiger partial charge is 0.354 e. The molecule has 25 heavy (non-hydrogen) atoms. The van der Waals surface area contributed by atoms with Crippen molar-refractivity contribution < 1.29 is 9.59 Å². The topological polar surface area (TPSA) is 62.3 Å². The van der Waals surface area contributed by atoms with E-state index in [0.717, 1.165) is 11.3 Å². The average molecular weight is 355 g/mol. The zero-order chi connectivity index (χ0) is 17.6. The number of pyridine rings is 1. The van der Waals surface area contributed by atoms with Crippen molar-refractivity contribution in [1.82, 2.24) is 15.2 Å². The number of aryl methyl sites for hydroxylation is 1. The molecule has 3 rings (SSSR count). The van der Waals surface area contributed by atoms with Crippen LogP contribution >= 0.6 is 11.8 Å². The third kappa shape index (κ3) is 4.20. The van der Waals surface area contributed by atoms with Crippen LogP contribution in [-0.4, -0.2) is 45.9 Å². The second-order valence-corrected chi connectivity index (χ2v) is 6.97. The van der Waals surface area contributed by atoms with Crippen LogP contribution in [0.5, 0.6) is 0 Å². The zero-order valence-electron chi connectivity index (χ0n) is 14.1. The van der Waals surface area contributed by atoms with Crippen molar-refractivity contribution in [2.24, 2.45) is 0 Å². The van der Waals surface area contributed by atoms with E-state index in [4.69, 9.17) is 0 Å². The van der Waals surface area contributed by atoms with Gasteiger partial charge in [0.2, 0.25) is 5.91 Å². The van der Waals surface area contributed by atoms with Gasteiger partial charge in [-0.1, -0.05) is 24.3 Å². The summed E-state index contributed by atoms with van der Waals surface area (Å²) in [6, 6.07) is 12.8. The monoisotopic (exact) mass is 355 g/mol. The first-order valence-electron chi connectivity index (χ1n) is 8.29. The highest BCUT2D eigenvalue weighted by Crippen LogP contribution is 2.24. The predicted molar refractivity (Wildman–Crippen MR) is 99.4 cm³/mol. The number of hydrogen-bond acceptors (Lipinski definition) is 4. The molecule has 0 spiro atoms. The number of nitrogens with one attached hydrogen (secondary N) is 1. The van der Waals surface area contributed by atoms with Gasteiger partial charge in [0.15, 0.2) is 0 Å². The Labute approximate surface area is 151 Å². The van der Waals surface area contributed by atoms with Gasteiger partial charge in [0, 0.05) is 36.2 Å². The summed E-state index contributed by atoms with van der Waals surface area (Å²) in [6.45, 7) is 2.43. The smallest absolute Gasteiger partial charge is 0.255 e. The Morgan fingerprint density at radius 3 is 2.80 bits per heavy atom. The average Bonchev–Trinajstić information content (AvgIpc) is 3.12. The van der Waals surface area contributed by atoms with Gasteiger partial charge in [-0.2, -0.15) is 0 Å². The van der Waals surface area contributed by atoms with Gasteiger partial charge in [-0.25, -0.2) is 0 Å². The lowest BCUT2D eigenvalue weighted by Crippen LogP contribution is -2.47. The third-order valence-corrected chi connectivity index (χ3v) is 5.24. The molecule has 2 heterocycles. The highest BCUT2D eigenvalue weighted by atomic mass is 32.2. The van der Waals surface area contributed by atoms with E-state index in [0.29, 0.717) is 30.2 Å². The maximum atomic E-state index is 12.8. The molecule has 1 aromatic heterocycles. The second kappa shape index (κ2) is 8.16. The molecule has 0 aliphatic carbocycles. The first kappa shape index (κ1) is 17.5. The Hall–Kier alpha value is -2.34. The number of benzene rings is 1. The Bertz CT molecular complexity index is 751. The molecule has 0 bridgehead atoms. The van der Waals surface area contributed by atoms with Gasteiger partial charge in [0.05, 0.1) is 5.88 Å². The van der Waals surface area contributed by atoms with E-state index in [2.05, 4.69) is 10.3 Å². The van der Waals surface area contributed by atoms with Crippen LogP contribution < -0.4 is 5.32 Å². The van der Waals surface area contributed by atoms with E-state index in [9.17, 15) is 9.59 Å². The van der Waals surface area contributed by atoms with Crippen LogP contribution in [0.4, 0.5) is 0 Å². The molecule has 2 amide bonds. The van der Waals surface area contributed by atoms with E-state index in [-0.39, 0.29) is 11.8 Å². The van der Waals surface area contributed by atoms with E-state index >= 15 is 0 Å². The van der Waals surface area contributed by atoms with Crippen molar-refractivity contribution in [3.8, 4) is 0 Å². The number of rotatable bonds is 5. The van der Waals surface area contributed by atoms with Crippen LogP contribution in [0.15, 0.2) is 48.7 Å². The molecule has 5 nitrogen and oxygen atoms in total. The second-order valence-electron chi connectivity index (χ2n) is 5.97. The van der Waals surface area contributed by atoms with E-state index < -0.39 is 6.04 Å². The maximum absolute atomic E-state index is 12.8. The molecular formula is C19H21N3O2S. The van der Waals surface area contributed by atoms with Gasteiger partial charge in [0.1, 0.15) is 6.04 Å². The number of carbonyl (C=O) groups is 2. The van der Waals surface area contributed by atoms with Gasteiger partial charge in [0.25, 0.3) is 5.91 Å². The summed E-state index contributed by atoms with van der Waals surface area (Å²) in [6.07, 6.45) is 2.42. The molecule has 1 atom stereocenters. The molecule has 1 aliphatic rings. The zero-order valence-corrected chi connectivity index (χ0v) is 15.0. The molecule has 1 unspecified atom stereocenters. The molecule has 6 heteroatoms. The molecule has 130 valence electrons. The summed E-state index contributed by atoms with van der Waals surface area (Å²) in [5, 5.41) is 2.94. The summed E-state index contributed by atoms with van der Waals surface area (Å²) in [5.41, 5.74) is 2.53. The predicted octanol–water partition coefficient (Wildman–Crippen LogP) is 2.26. The number of carbonyl (C=O) groups excluding carboxylic acids is 2. The highest BCUT2D eigenvalue weighted by molar-refractivity contribution is 7.99. The molecular weight excluding hydrogens is 334 g/mol. The molecule has 0 radical (unpaired) electrons. The van der Waals surface area contributed by atoms with Crippen LogP contribution in [0.1, 0.15) is 21.6 Å². The van der Waals surface area contributed by atoms with Crippen molar-refractivity contribution in [1.29, 1.82) is 0 Å². The number of hydrogen-bond donors (Lipinski definition) is 1. The Kier molecular flexibility index (Phi) is 5.71. The fraction of sp³-hybridized carbons (Fsp3) is 0.316. The first-order chi connectivity index (χ1) is 12.2. The molecule has 2 aromatic rings. The van der Waals surface area contributed by atoms with Gasteiger partial charge in [-0.3, -0.25) is 14.6 Å². The van der Waals surface area contributed by atoms with Gasteiger partial charge in [-0.05, 0) is 30.7 Å². The van der Waals surface area contributed by atoms with E-state index in [1.165, 1.54) is 0 Å². The molecule has 1 saturated heterocycles. The van der Waals surface area contributed by atoms with Crippen molar-refractivity contribution in [3.63, 3.8) is 0 Å². The summed E-state index contributed by atoms with van der Waals surface area (Å²) < 4.78 is 0. The first-order valence-corrected chi connectivity index (χ1v) is 9.44. The van der Waals surface area contributed by atoms with Crippen molar-refractivity contribution in [2.45, 2.75) is 19.4 Å². The minimum atomic E-state index is -0.416. The lowest BCUT2D eigenvalue weighted by atomic mass is 10.1. The summed E-state index contributed by atoms with van der Waals surface area (Å²) >= 11 is 1.61. The fourth-order valence-corrected chi connectivity index (χ4v) is 3.96. The minimum Gasteiger partial charge on any atom is -0.354 e. The maximum Gasteiger partial charge on any atom is 0.255 e. The molecule has 1 aliphatic heterocycles. The van der Waals surface area contributed by atoms with Gasteiger partial charge in [-0.15, -0.1) is 11.8 Å². The lowest BCUT2D eigenvalue weighted by molar-refractivity contribution is -0.124. The summed E-state index contributed by atoms with van der Waals surface area (Å²) in [5.74, 6) is 1.01. The number of thioether (sulfide) groups is 1. The molecule has 1 N–H and O–H groups in total. The quantitative estimate of drug-likeness (QED) is 0.894. The van der Waals surface area contributed by atoms with E-state index in [1.807, 2.05) is 49.4 Å². The number of amides is 2. The van der Waals surface area contributed by atoms with E-state index in [1.54, 1.807) is 22.9 Å². The summed E-state index contributed by atoms with van der Waals surface area (Å²) in [7, 11) is 0. The standard InChI is InChI=1S/C19H21N3O2S/c1-14-6-2-3-8-16(14)19(24)22-13-25-12-17(22)18(23)21-11-9-15-7-4-5-10-20-15/h2-8,10,17H,9,11-13H2,1H3,(H,21,23). The number of nitrogens with zero attached hydrogens (tertiary/aromatic N) is 2. The normalized spacial score (nSPS) is 16.7. The van der Waals surface area contributed by atoms with Crippen LogP contribution in [-0.2, 0) is 11.2 Å². The third-order valence-electron chi connectivity index (χ3n) is 4.23. The van der Waals surface area contributed by atoms with Crippen LogP contribution in [0.2, 0.25) is 0 Å². The number of aromatic nitrogens is 1. The van der Waals surface area contributed by atoms with Gasteiger partial charge >= 0.3 is 0 Å². The molecule has 1 fully saturated rings. The Balaban J connectivity index is 1.60. The van der Waals surface area contributed by atoms with Crippen LogP contribution in [0, 0.1) is 6.92 Å². The lowest BCUT2D eigenvalue weighted by Gasteiger charge is -2.23. The SMILES string of the molecule is Cc1ccccc1C(=O)N1CSCC1C(=O)NCCc1ccccn1. The summed E-state index contributed by atoms with van der Waals surface area (Å²) in [4.78, 5) is 31.2. The van der Waals surface area contributed by atoms with Crippen molar-refractivity contribution in [2.75, 3.05) is 18.2 Å².